The Morgan fingerprint density at radius 2 is 1.59 bits per heavy atom. The summed E-state index contributed by atoms with van der Waals surface area (Å²) in [6.45, 7) is 3.92. The molecular weight excluding hydrogens is 362 g/mol. The largest absolute Gasteiger partial charge is 0.351 e. The normalized spacial score (nSPS) is 10.7. The number of hydrogen-bond donors (Lipinski definition) is 3. The molecule has 0 spiro atoms. The van der Waals surface area contributed by atoms with Gasteiger partial charge in [-0.3, -0.25) is 9.59 Å². The molecule has 0 saturated heterocycles. The first-order valence-corrected chi connectivity index (χ1v) is 9.37. The number of carbonyl (C=O) groups excluding carboxylic acids is 2. The van der Waals surface area contributed by atoms with Crippen molar-refractivity contribution in [2.45, 2.75) is 13.8 Å². The van der Waals surface area contributed by atoms with Crippen LogP contribution < -0.4 is 10.6 Å². The first-order chi connectivity index (χ1) is 14.0. The van der Waals surface area contributed by atoms with Gasteiger partial charge in [-0.05, 0) is 61.4 Å². The Morgan fingerprint density at radius 3 is 2.38 bits per heavy atom. The molecule has 0 bridgehead atoms. The minimum absolute atomic E-state index is 0.197. The van der Waals surface area contributed by atoms with Crippen LogP contribution in [-0.2, 0) is 0 Å². The number of carbonyl (C=O) groups is 2. The van der Waals surface area contributed by atoms with E-state index in [-0.39, 0.29) is 11.8 Å². The molecule has 144 valence electrons. The lowest BCUT2D eigenvalue weighted by Crippen LogP contribution is -2.15. The minimum Gasteiger partial charge on any atom is -0.351 e. The highest BCUT2D eigenvalue weighted by Crippen LogP contribution is 2.23. The second-order valence-electron chi connectivity index (χ2n) is 7.08. The lowest BCUT2D eigenvalue weighted by atomic mass is 10.1. The van der Waals surface area contributed by atoms with E-state index >= 15 is 0 Å². The Bertz CT molecular complexity index is 1210. The summed E-state index contributed by atoms with van der Waals surface area (Å²) < 4.78 is 0. The molecule has 2 amide bonds. The first kappa shape index (κ1) is 18.5. The molecule has 29 heavy (non-hydrogen) atoms. The summed E-state index contributed by atoms with van der Waals surface area (Å²) in [6.07, 6.45) is 0. The molecule has 0 unspecified atom stereocenters. The maximum Gasteiger partial charge on any atom is 0.272 e. The number of aryl methyl sites for hydroxylation is 2. The van der Waals surface area contributed by atoms with Crippen LogP contribution in [0.15, 0.2) is 72.8 Å². The summed E-state index contributed by atoms with van der Waals surface area (Å²) >= 11 is 0. The van der Waals surface area contributed by atoms with Crippen LogP contribution in [0.2, 0.25) is 0 Å². The van der Waals surface area contributed by atoms with Gasteiger partial charge in [0.2, 0.25) is 0 Å². The number of aromatic amines is 1. The highest BCUT2D eigenvalue weighted by Gasteiger charge is 2.12. The van der Waals surface area contributed by atoms with E-state index in [1.165, 1.54) is 0 Å². The Hall–Kier alpha value is -3.86. The molecule has 3 N–H and O–H groups in total. The van der Waals surface area contributed by atoms with Crippen LogP contribution in [0.25, 0.3) is 10.9 Å². The smallest absolute Gasteiger partial charge is 0.272 e. The van der Waals surface area contributed by atoms with Gasteiger partial charge < -0.3 is 15.6 Å². The fourth-order valence-electron chi connectivity index (χ4n) is 3.18. The summed E-state index contributed by atoms with van der Waals surface area (Å²) in [6, 6.07) is 22.3. The van der Waals surface area contributed by atoms with Gasteiger partial charge in [-0.25, -0.2) is 0 Å². The third-order valence-electron chi connectivity index (χ3n) is 4.80. The van der Waals surface area contributed by atoms with Crippen molar-refractivity contribution in [2.75, 3.05) is 10.6 Å². The molecule has 0 aliphatic heterocycles. The lowest BCUT2D eigenvalue weighted by molar-refractivity contribution is 0.101. The summed E-state index contributed by atoms with van der Waals surface area (Å²) in [4.78, 5) is 28.3. The van der Waals surface area contributed by atoms with Crippen LogP contribution >= 0.6 is 0 Å². The zero-order valence-electron chi connectivity index (χ0n) is 16.2. The van der Waals surface area contributed by atoms with Crippen LogP contribution in [0.4, 0.5) is 11.4 Å². The van der Waals surface area contributed by atoms with Gasteiger partial charge in [0.05, 0.1) is 0 Å². The van der Waals surface area contributed by atoms with Crippen molar-refractivity contribution in [2.24, 2.45) is 0 Å². The molecule has 5 nitrogen and oxygen atoms in total. The van der Waals surface area contributed by atoms with Crippen molar-refractivity contribution in [1.29, 1.82) is 0 Å². The van der Waals surface area contributed by atoms with Crippen molar-refractivity contribution in [3.8, 4) is 0 Å². The standard InChI is InChI=1S/C24H21N3O2/c1-15-8-10-18-13-22(26-21(18)12-15)24(29)27-20-14-19(11-9-16(20)2)25-23(28)17-6-4-3-5-7-17/h3-14,26H,1-2H3,(H,25,28)(H,27,29). The van der Waals surface area contributed by atoms with Gasteiger partial charge in [-0.15, -0.1) is 0 Å². The molecule has 0 aliphatic carbocycles. The molecular formula is C24H21N3O2. The molecule has 0 saturated carbocycles. The number of hydrogen-bond acceptors (Lipinski definition) is 2. The summed E-state index contributed by atoms with van der Waals surface area (Å²) in [5.74, 6) is -0.425. The maximum atomic E-state index is 12.7. The number of benzene rings is 3. The van der Waals surface area contributed by atoms with Gasteiger partial charge in [-0.1, -0.05) is 36.4 Å². The van der Waals surface area contributed by atoms with Gasteiger partial charge >= 0.3 is 0 Å². The average molecular weight is 383 g/mol. The highest BCUT2D eigenvalue weighted by atomic mass is 16.2. The van der Waals surface area contributed by atoms with Crippen LogP contribution in [0.1, 0.15) is 32.0 Å². The summed E-state index contributed by atoms with van der Waals surface area (Å²) in [7, 11) is 0. The van der Waals surface area contributed by atoms with Gasteiger partial charge in [0, 0.05) is 27.8 Å². The highest BCUT2D eigenvalue weighted by molar-refractivity contribution is 6.07. The van der Waals surface area contributed by atoms with Gasteiger partial charge in [0.1, 0.15) is 5.69 Å². The number of rotatable bonds is 4. The quantitative estimate of drug-likeness (QED) is 0.448. The van der Waals surface area contributed by atoms with Crippen molar-refractivity contribution in [3.05, 3.63) is 95.2 Å². The predicted octanol–water partition coefficient (Wildman–Crippen LogP) is 5.29. The molecule has 0 radical (unpaired) electrons. The molecule has 4 rings (SSSR count). The average Bonchev–Trinajstić information content (AvgIpc) is 3.14. The van der Waals surface area contributed by atoms with Gasteiger partial charge in [-0.2, -0.15) is 0 Å². The predicted molar refractivity (Wildman–Crippen MR) is 117 cm³/mol. The molecule has 4 aromatic rings. The third kappa shape index (κ3) is 4.04. The number of aromatic nitrogens is 1. The first-order valence-electron chi connectivity index (χ1n) is 9.37. The molecule has 5 heteroatoms. The van der Waals surface area contributed by atoms with Crippen LogP contribution in [0.5, 0.6) is 0 Å². The van der Waals surface area contributed by atoms with E-state index in [0.29, 0.717) is 22.6 Å². The van der Waals surface area contributed by atoms with E-state index < -0.39 is 0 Å². The summed E-state index contributed by atoms with van der Waals surface area (Å²) in [5, 5.41) is 6.79. The van der Waals surface area contributed by atoms with Crippen molar-refractivity contribution in [1.82, 2.24) is 4.98 Å². The second kappa shape index (κ2) is 7.64. The van der Waals surface area contributed by atoms with Crippen LogP contribution in [0.3, 0.4) is 0 Å². The van der Waals surface area contributed by atoms with E-state index in [9.17, 15) is 9.59 Å². The molecule has 0 atom stereocenters. The van der Waals surface area contributed by atoms with E-state index in [1.54, 1.807) is 18.2 Å². The molecule has 3 aromatic carbocycles. The van der Waals surface area contributed by atoms with Crippen LogP contribution in [0, 0.1) is 13.8 Å². The Kier molecular flexibility index (Phi) is 4.87. The maximum absolute atomic E-state index is 12.7. The number of anilines is 2. The fourth-order valence-corrected chi connectivity index (χ4v) is 3.18. The summed E-state index contributed by atoms with van der Waals surface area (Å²) in [5.41, 5.74) is 5.29. The topological polar surface area (TPSA) is 74.0 Å². The molecule has 1 aromatic heterocycles. The van der Waals surface area contributed by atoms with Gasteiger partial charge in [0.25, 0.3) is 11.8 Å². The number of nitrogens with one attached hydrogen (secondary N) is 3. The number of fused-ring (bicyclic) bond motifs is 1. The van der Waals surface area contributed by atoms with Crippen molar-refractivity contribution < 1.29 is 9.59 Å². The number of H-pyrrole nitrogens is 1. The van der Waals surface area contributed by atoms with E-state index in [2.05, 4.69) is 15.6 Å². The van der Waals surface area contributed by atoms with Crippen molar-refractivity contribution in [3.63, 3.8) is 0 Å². The zero-order valence-corrected chi connectivity index (χ0v) is 16.2. The van der Waals surface area contributed by atoms with Crippen molar-refractivity contribution >= 4 is 34.1 Å². The third-order valence-corrected chi connectivity index (χ3v) is 4.80. The Labute approximate surface area is 168 Å². The monoisotopic (exact) mass is 383 g/mol. The molecule has 0 aliphatic rings. The zero-order chi connectivity index (χ0) is 20.4. The minimum atomic E-state index is -0.228. The fraction of sp³-hybridized carbons (Fsp3) is 0.0833. The SMILES string of the molecule is Cc1ccc2cc(C(=O)Nc3cc(NC(=O)c4ccccc4)ccc3C)[nH]c2c1. The van der Waals surface area contributed by atoms with Crippen LogP contribution in [-0.4, -0.2) is 16.8 Å². The lowest BCUT2D eigenvalue weighted by Gasteiger charge is -2.11. The molecule has 0 fully saturated rings. The Balaban J connectivity index is 1.54. The molecule has 1 heterocycles. The Morgan fingerprint density at radius 1 is 0.793 bits per heavy atom. The van der Waals surface area contributed by atoms with E-state index in [0.717, 1.165) is 22.0 Å². The van der Waals surface area contributed by atoms with E-state index in [4.69, 9.17) is 0 Å². The van der Waals surface area contributed by atoms with E-state index in [1.807, 2.05) is 68.4 Å². The number of amides is 2. The second-order valence-corrected chi connectivity index (χ2v) is 7.08. The van der Waals surface area contributed by atoms with Gasteiger partial charge in [0.15, 0.2) is 0 Å².